The van der Waals surface area contributed by atoms with E-state index in [-0.39, 0.29) is 18.8 Å². The molecule has 0 aliphatic rings. The van der Waals surface area contributed by atoms with Gasteiger partial charge >= 0.3 is 12.1 Å². The van der Waals surface area contributed by atoms with Crippen molar-refractivity contribution in [2.45, 2.75) is 59.0 Å². The Morgan fingerprint density at radius 2 is 1.75 bits per heavy atom. The minimum absolute atomic E-state index is 0.138. The van der Waals surface area contributed by atoms with E-state index in [1.807, 2.05) is 0 Å². The van der Waals surface area contributed by atoms with Crippen LogP contribution in [0, 0.1) is 0 Å². The third-order valence-corrected chi connectivity index (χ3v) is 2.20. The van der Waals surface area contributed by atoms with Gasteiger partial charge in [-0.25, -0.2) is 4.79 Å². The van der Waals surface area contributed by atoms with Crippen LogP contribution in [0.1, 0.15) is 53.4 Å². The lowest BCUT2D eigenvalue weighted by Crippen LogP contribution is -2.33. The Hall–Kier alpha value is -1.59. The van der Waals surface area contributed by atoms with E-state index in [0.29, 0.717) is 25.8 Å². The van der Waals surface area contributed by atoms with Crippen molar-refractivity contribution in [3.63, 3.8) is 0 Å². The number of alkyl carbamates (subject to hydrolysis) is 1. The van der Waals surface area contributed by atoms with Crippen LogP contribution in [0.3, 0.4) is 0 Å². The van der Waals surface area contributed by atoms with E-state index < -0.39 is 17.7 Å². The van der Waals surface area contributed by atoms with Gasteiger partial charge in [-0.2, -0.15) is 0 Å². The fourth-order valence-corrected chi connectivity index (χ4v) is 1.41. The molecule has 0 aromatic carbocycles. The second-order valence-corrected chi connectivity index (χ2v) is 5.41. The maximum Gasteiger partial charge on any atom is 0.407 e. The predicted octanol–water partition coefficient (Wildman–Crippen LogP) is 2.20. The van der Waals surface area contributed by atoms with Crippen molar-refractivity contribution < 1.29 is 23.9 Å². The summed E-state index contributed by atoms with van der Waals surface area (Å²) in [6.45, 7) is 7.81. The summed E-state index contributed by atoms with van der Waals surface area (Å²) in [6.07, 6.45) is 0.958. The minimum Gasteiger partial charge on any atom is -0.466 e. The van der Waals surface area contributed by atoms with Crippen molar-refractivity contribution in [3.8, 4) is 0 Å². The second kappa shape index (κ2) is 9.34. The standard InChI is InChI=1S/C14H25NO5/c1-5-19-12(17)10-11(16)8-6-7-9-15-13(18)20-14(2,3)4/h5-10H2,1-4H3,(H,15,18). The van der Waals surface area contributed by atoms with Gasteiger partial charge in [0, 0.05) is 13.0 Å². The lowest BCUT2D eigenvalue weighted by molar-refractivity contribution is -0.145. The highest BCUT2D eigenvalue weighted by Crippen LogP contribution is 2.06. The van der Waals surface area contributed by atoms with Crippen molar-refractivity contribution in [2.24, 2.45) is 0 Å². The maximum absolute atomic E-state index is 11.4. The molecule has 0 heterocycles. The zero-order valence-electron chi connectivity index (χ0n) is 12.8. The van der Waals surface area contributed by atoms with Gasteiger partial charge in [-0.15, -0.1) is 0 Å². The molecule has 0 unspecified atom stereocenters. The molecule has 0 radical (unpaired) electrons. The Balaban J connectivity index is 3.60. The molecule has 116 valence electrons. The number of Topliss-reactive ketones (excluding diaryl/α,β-unsaturated/α-hetero) is 1. The normalized spacial score (nSPS) is 10.8. The summed E-state index contributed by atoms with van der Waals surface area (Å²) in [7, 11) is 0. The fraction of sp³-hybridized carbons (Fsp3) is 0.786. The number of carbonyl (C=O) groups is 3. The van der Waals surface area contributed by atoms with Crippen LogP contribution in [0.4, 0.5) is 4.79 Å². The Morgan fingerprint density at radius 3 is 2.30 bits per heavy atom. The number of carbonyl (C=O) groups excluding carboxylic acids is 3. The van der Waals surface area contributed by atoms with Crippen LogP contribution in [0.25, 0.3) is 0 Å². The molecule has 0 aromatic heterocycles. The first-order valence-corrected chi connectivity index (χ1v) is 6.88. The number of hydrogen-bond acceptors (Lipinski definition) is 5. The van der Waals surface area contributed by atoms with E-state index in [0.717, 1.165) is 0 Å². The fourth-order valence-electron chi connectivity index (χ4n) is 1.41. The molecule has 0 aromatic rings. The lowest BCUT2D eigenvalue weighted by atomic mass is 10.1. The van der Waals surface area contributed by atoms with Gasteiger partial charge in [0.15, 0.2) is 0 Å². The van der Waals surface area contributed by atoms with Gasteiger partial charge in [0.1, 0.15) is 17.8 Å². The van der Waals surface area contributed by atoms with E-state index in [1.165, 1.54) is 0 Å². The SMILES string of the molecule is CCOC(=O)CC(=O)CCCCNC(=O)OC(C)(C)C. The average molecular weight is 287 g/mol. The van der Waals surface area contributed by atoms with Gasteiger partial charge in [0.05, 0.1) is 6.61 Å². The van der Waals surface area contributed by atoms with Crippen LogP contribution in [-0.4, -0.2) is 36.6 Å². The third-order valence-electron chi connectivity index (χ3n) is 2.20. The van der Waals surface area contributed by atoms with E-state index in [2.05, 4.69) is 10.1 Å². The molecule has 0 bridgehead atoms. The summed E-state index contributed by atoms with van der Waals surface area (Å²) in [5.41, 5.74) is -0.514. The van der Waals surface area contributed by atoms with E-state index in [9.17, 15) is 14.4 Å². The first-order chi connectivity index (χ1) is 9.24. The third kappa shape index (κ3) is 11.5. The van der Waals surface area contributed by atoms with Crippen LogP contribution in [0.2, 0.25) is 0 Å². The molecular weight excluding hydrogens is 262 g/mol. The molecule has 0 rings (SSSR count). The first-order valence-electron chi connectivity index (χ1n) is 6.88. The van der Waals surface area contributed by atoms with E-state index in [4.69, 9.17) is 4.74 Å². The average Bonchev–Trinajstić information content (AvgIpc) is 2.26. The molecule has 1 N–H and O–H groups in total. The monoisotopic (exact) mass is 287 g/mol. The number of unbranched alkanes of at least 4 members (excludes halogenated alkanes) is 1. The Bertz CT molecular complexity index is 333. The molecule has 0 saturated heterocycles. The van der Waals surface area contributed by atoms with Crippen molar-refractivity contribution in [1.82, 2.24) is 5.32 Å². The molecule has 0 aliphatic heterocycles. The highest BCUT2D eigenvalue weighted by Gasteiger charge is 2.15. The zero-order chi connectivity index (χ0) is 15.6. The summed E-state index contributed by atoms with van der Waals surface area (Å²) in [5.74, 6) is -0.620. The summed E-state index contributed by atoms with van der Waals surface area (Å²) in [4.78, 5) is 33.8. The van der Waals surface area contributed by atoms with Crippen LogP contribution in [-0.2, 0) is 19.1 Å². The van der Waals surface area contributed by atoms with E-state index in [1.54, 1.807) is 27.7 Å². The minimum atomic E-state index is -0.514. The largest absolute Gasteiger partial charge is 0.466 e. The Morgan fingerprint density at radius 1 is 1.10 bits per heavy atom. The smallest absolute Gasteiger partial charge is 0.407 e. The predicted molar refractivity (Wildman–Crippen MR) is 74.3 cm³/mol. The molecule has 20 heavy (non-hydrogen) atoms. The molecule has 1 amide bonds. The summed E-state index contributed by atoms with van der Waals surface area (Å²) in [6, 6.07) is 0. The van der Waals surface area contributed by atoms with Gasteiger partial charge in [-0.1, -0.05) is 0 Å². The van der Waals surface area contributed by atoms with Gasteiger partial charge in [0.25, 0.3) is 0 Å². The second-order valence-electron chi connectivity index (χ2n) is 5.41. The molecule has 6 heteroatoms. The number of rotatable bonds is 8. The quantitative estimate of drug-likeness (QED) is 0.420. The number of esters is 1. The number of hydrogen-bond donors (Lipinski definition) is 1. The van der Waals surface area contributed by atoms with Crippen molar-refractivity contribution in [3.05, 3.63) is 0 Å². The van der Waals surface area contributed by atoms with Gasteiger partial charge in [-0.05, 0) is 40.5 Å². The molecule has 0 aliphatic carbocycles. The number of nitrogens with one attached hydrogen (secondary N) is 1. The highest BCUT2D eigenvalue weighted by molar-refractivity contribution is 5.95. The topological polar surface area (TPSA) is 81.7 Å². The summed E-state index contributed by atoms with van der Waals surface area (Å²) >= 11 is 0. The zero-order valence-corrected chi connectivity index (χ0v) is 12.8. The Kier molecular flexibility index (Phi) is 8.59. The molecule has 6 nitrogen and oxygen atoms in total. The number of ether oxygens (including phenoxy) is 2. The lowest BCUT2D eigenvalue weighted by Gasteiger charge is -2.19. The first kappa shape index (κ1) is 18.4. The molecular formula is C14H25NO5. The van der Waals surface area contributed by atoms with Crippen molar-refractivity contribution >= 4 is 17.8 Å². The van der Waals surface area contributed by atoms with Crippen LogP contribution in [0.15, 0.2) is 0 Å². The molecule has 0 atom stereocenters. The summed E-state index contributed by atoms with van der Waals surface area (Å²) < 4.78 is 9.75. The molecule has 0 spiro atoms. The molecule has 0 fully saturated rings. The number of ketones is 1. The summed E-state index contributed by atoms with van der Waals surface area (Å²) in [5, 5.41) is 2.61. The molecule has 0 saturated carbocycles. The van der Waals surface area contributed by atoms with Gasteiger partial charge in [0.2, 0.25) is 0 Å². The highest BCUT2D eigenvalue weighted by atomic mass is 16.6. The van der Waals surface area contributed by atoms with Crippen LogP contribution in [0.5, 0.6) is 0 Å². The Labute approximate surface area is 120 Å². The maximum atomic E-state index is 11.4. The van der Waals surface area contributed by atoms with Crippen LogP contribution < -0.4 is 5.32 Å². The van der Waals surface area contributed by atoms with Gasteiger partial charge < -0.3 is 14.8 Å². The van der Waals surface area contributed by atoms with Crippen LogP contribution >= 0.6 is 0 Å². The van der Waals surface area contributed by atoms with Crippen molar-refractivity contribution in [2.75, 3.05) is 13.2 Å². The van der Waals surface area contributed by atoms with E-state index >= 15 is 0 Å². The van der Waals surface area contributed by atoms with Gasteiger partial charge in [-0.3, -0.25) is 9.59 Å². The number of amides is 1. The van der Waals surface area contributed by atoms with Crippen molar-refractivity contribution in [1.29, 1.82) is 0 Å².